The fourth-order valence-electron chi connectivity index (χ4n) is 2.90. The number of hydrogen-bond donors (Lipinski definition) is 2. The Morgan fingerprint density at radius 3 is 2.43 bits per heavy atom. The smallest absolute Gasteiger partial charge is 0.335 e. The van der Waals surface area contributed by atoms with Gasteiger partial charge in [-0.25, -0.2) is 4.79 Å². The topological polar surface area (TPSA) is 84.9 Å². The molecule has 0 fully saturated rings. The van der Waals surface area contributed by atoms with Crippen LogP contribution >= 0.6 is 0 Å². The average Bonchev–Trinajstić information content (AvgIpc) is 2.66. The van der Waals surface area contributed by atoms with Crippen molar-refractivity contribution >= 4 is 11.9 Å². The Bertz CT molecular complexity index is 831. The summed E-state index contributed by atoms with van der Waals surface area (Å²) in [7, 11) is 1.58. The molecule has 2 aromatic carbocycles. The van der Waals surface area contributed by atoms with Crippen molar-refractivity contribution in [2.24, 2.45) is 0 Å². The van der Waals surface area contributed by atoms with Crippen LogP contribution in [0, 0.1) is 0 Å². The first-order valence-corrected chi connectivity index (χ1v) is 9.27. The number of carboxylic acid groups (broad SMARTS) is 1. The van der Waals surface area contributed by atoms with Crippen LogP contribution in [0.2, 0.25) is 0 Å². The van der Waals surface area contributed by atoms with Crippen molar-refractivity contribution in [3.8, 4) is 11.5 Å². The summed E-state index contributed by atoms with van der Waals surface area (Å²) >= 11 is 0. The Kier molecular flexibility index (Phi) is 7.44. The highest BCUT2D eigenvalue weighted by Crippen LogP contribution is 2.31. The first-order valence-electron chi connectivity index (χ1n) is 9.27. The molecule has 2 N–H and O–H groups in total. The van der Waals surface area contributed by atoms with Gasteiger partial charge < -0.3 is 19.9 Å². The number of ether oxygens (including phenoxy) is 2. The number of rotatable bonds is 9. The van der Waals surface area contributed by atoms with E-state index in [1.54, 1.807) is 31.4 Å². The van der Waals surface area contributed by atoms with Crippen LogP contribution in [0.3, 0.4) is 0 Å². The van der Waals surface area contributed by atoms with Gasteiger partial charge in [0.2, 0.25) is 5.91 Å². The molecule has 0 bridgehead atoms. The van der Waals surface area contributed by atoms with Crippen LogP contribution in [0.1, 0.15) is 54.7 Å². The number of carboxylic acids is 1. The van der Waals surface area contributed by atoms with Crippen LogP contribution in [0.25, 0.3) is 0 Å². The molecule has 0 heterocycles. The van der Waals surface area contributed by atoms with Crippen molar-refractivity contribution in [2.45, 2.75) is 45.8 Å². The van der Waals surface area contributed by atoms with Crippen molar-refractivity contribution in [1.82, 2.24) is 5.32 Å². The Labute approximate surface area is 165 Å². The molecule has 0 saturated carbocycles. The van der Waals surface area contributed by atoms with Gasteiger partial charge in [0, 0.05) is 6.42 Å². The fraction of sp³-hybridized carbons (Fsp3) is 0.364. The summed E-state index contributed by atoms with van der Waals surface area (Å²) in [6.07, 6.45) is 0.608. The van der Waals surface area contributed by atoms with Crippen LogP contribution in [0.15, 0.2) is 42.5 Å². The number of aromatic carboxylic acids is 1. The van der Waals surface area contributed by atoms with E-state index in [0.717, 1.165) is 5.56 Å². The average molecular weight is 385 g/mol. The number of carbonyl (C=O) groups is 2. The Morgan fingerprint density at radius 2 is 1.79 bits per heavy atom. The third-order valence-electron chi connectivity index (χ3n) is 4.30. The maximum Gasteiger partial charge on any atom is 0.335 e. The molecule has 2 rings (SSSR count). The summed E-state index contributed by atoms with van der Waals surface area (Å²) in [6.45, 7) is 5.78. The van der Waals surface area contributed by atoms with Gasteiger partial charge >= 0.3 is 5.97 Å². The molecule has 6 heteroatoms. The van der Waals surface area contributed by atoms with E-state index in [1.807, 2.05) is 39.0 Å². The minimum absolute atomic E-state index is 0.0329. The lowest BCUT2D eigenvalue weighted by Gasteiger charge is -2.18. The van der Waals surface area contributed by atoms with Gasteiger partial charge in [0.1, 0.15) is 0 Å². The predicted octanol–water partition coefficient (Wildman–Crippen LogP) is 3.99. The van der Waals surface area contributed by atoms with Gasteiger partial charge in [-0.15, -0.1) is 0 Å². The molecule has 0 aromatic heterocycles. The lowest BCUT2D eigenvalue weighted by Crippen LogP contribution is -2.27. The SMILES string of the molecule is COc1cc(C(C)NC(=O)CCc2ccccc2C(=O)O)ccc1OC(C)C. The van der Waals surface area contributed by atoms with Crippen molar-refractivity contribution in [1.29, 1.82) is 0 Å². The summed E-state index contributed by atoms with van der Waals surface area (Å²) in [4.78, 5) is 23.6. The van der Waals surface area contributed by atoms with Crippen LogP contribution in [0.4, 0.5) is 0 Å². The zero-order valence-corrected chi connectivity index (χ0v) is 16.7. The molecule has 28 heavy (non-hydrogen) atoms. The van der Waals surface area contributed by atoms with Crippen LogP contribution in [-0.2, 0) is 11.2 Å². The highest BCUT2D eigenvalue weighted by atomic mass is 16.5. The summed E-state index contributed by atoms with van der Waals surface area (Å²) in [5.41, 5.74) is 1.77. The second kappa shape index (κ2) is 9.78. The quantitative estimate of drug-likeness (QED) is 0.682. The predicted molar refractivity (Wildman–Crippen MR) is 107 cm³/mol. The lowest BCUT2D eigenvalue weighted by atomic mass is 10.0. The lowest BCUT2D eigenvalue weighted by molar-refractivity contribution is -0.121. The van der Waals surface area contributed by atoms with Crippen LogP contribution < -0.4 is 14.8 Å². The maximum atomic E-state index is 12.3. The van der Waals surface area contributed by atoms with E-state index >= 15 is 0 Å². The Morgan fingerprint density at radius 1 is 1.07 bits per heavy atom. The molecule has 0 aliphatic heterocycles. The summed E-state index contributed by atoms with van der Waals surface area (Å²) in [5.74, 6) is 0.141. The van der Waals surface area contributed by atoms with Crippen molar-refractivity contribution < 1.29 is 24.2 Å². The second-order valence-corrected chi connectivity index (χ2v) is 6.83. The Hall–Kier alpha value is -3.02. The van der Waals surface area contributed by atoms with E-state index in [1.165, 1.54) is 0 Å². The molecule has 0 spiro atoms. The molecule has 150 valence electrons. The molecule has 2 aromatic rings. The molecule has 1 unspecified atom stereocenters. The van der Waals surface area contributed by atoms with Crippen LogP contribution in [-0.4, -0.2) is 30.2 Å². The number of methoxy groups -OCH3 is 1. The zero-order chi connectivity index (χ0) is 20.7. The third-order valence-corrected chi connectivity index (χ3v) is 4.30. The van der Waals surface area contributed by atoms with E-state index in [9.17, 15) is 14.7 Å². The minimum atomic E-state index is -0.986. The van der Waals surface area contributed by atoms with E-state index in [2.05, 4.69) is 5.32 Å². The first kappa shape index (κ1) is 21.3. The summed E-state index contributed by atoms with van der Waals surface area (Å²) in [6, 6.07) is 12.1. The number of aryl methyl sites for hydroxylation is 1. The van der Waals surface area contributed by atoms with E-state index < -0.39 is 5.97 Å². The van der Waals surface area contributed by atoms with Gasteiger partial charge in [-0.1, -0.05) is 24.3 Å². The molecular weight excluding hydrogens is 358 g/mol. The van der Waals surface area contributed by atoms with Gasteiger partial charge in [-0.3, -0.25) is 4.79 Å². The molecule has 0 aliphatic carbocycles. The van der Waals surface area contributed by atoms with Gasteiger partial charge in [0.05, 0.1) is 24.8 Å². The summed E-state index contributed by atoms with van der Waals surface area (Å²) in [5, 5.41) is 12.2. The maximum absolute atomic E-state index is 12.3. The molecule has 0 aliphatic rings. The minimum Gasteiger partial charge on any atom is -0.493 e. The summed E-state index contributed by atoms with van der Waals surface area (Å²) < 4.78 is 11.1. The van der Waals surface area contributed by atoms with Gasteiger partial charge in [0.15, 0.2) is 11.5 Å². The van der Waals surface area contributed by atoms with E-state index in [0.29, 0.717) is 23.5 Å². The van der Waals surface area contributed by atoms with Gasteiger partial charge in [-0.2, -0.15) is 0 Å². The fourth-order valence-corrected chi connectivity index (χ4v) is 2.90. The number of nitrogens with one attached hydrogen (secondary N) is 1. The third kappa shape index (κ3) is 5.74. The molecule has 0 radical (unpaired) electrons. The van der Waals surface area contributed by atoms with Crippen molar-refractivity contribution in [3.63, 3.8) is 0 Å². The standard InChI is InChI=1S/C22H27NO5/c1-14(2)28-19-11-9-17(13-20(19)27-4)15(3)23-21(24)12-10-16-7-5-6-8-18(16)22(25)26/h5-9,11,13-15H,10,12H2,1-4H3,(H,23,24)(H,25,26). The van der Waals surface area contributed by atoms with Gasteiger partial charge in [0.25, 0.3) is 0 Å². The van der Waals surface area contributed by atoms with E-state index in [-0.39, 0.29) is 30.0 Å². The number of carbonyl (C=O) groups excluding carboxylic acids is 1. The van der Waals surface area contributed by atoms with Crippen molar-refractivity contribution in [2.75, 3.05) is 7.11 Å². The Balaban J connectivity index is 2.00. The normalized spacial score (nSPS) is 11.8. The van der Waals surface area contributed by atoms with Crippen LogP contribution in [0.5, 0.6) is 11.5 Å². The number of hydrogen-bond acceptors (Lipinski definition) is 4. The molecule has 6 nitrogen and oxygen atoms in total. The highest BCUT2D eigenvalue weighted by molar-refractivity contribution is 5.89. The monoisotopic (exact) mass is 385 g/mol. The molecule has 1 amide bonds. The van der Waals surface area contributed by atoms with Gasteiger partial charge in [-0.05, 0) is 56.5 Å². The highest BCUT2D eigenvalue weighted by Gasteiger charge is 2.15. The number of benzene rings is 2. The molecule has 1 atom stereocenters. The molecule has 0 saturated heterocycles. The van der Waals surface area contributed by atoms with Crippen molar-refractivity contribution in [3.05, 3.63) is 59.2 Å². The van der Waals surface area contributed by atoms with E-state index in [4.69, 9.17) is 9.47 Å². The zero-order valence-electron chi connectivity index (χ0n) is 16.7. The first-order chi connectivity index (χ1) is 13.3. The number of amides is 1. The largest absolute Gasteiger partial charge is 0.493 e. The molecular formula is C22H27NO5. The second-order valence-electron chi connectivity index (χ2n) is 6.83.